The number of benzene rings is 1. The van der Waals surface area contributed by atoms with E-state index in [2.05, 4.69) is 29.3 Å². The van der Waals surface area contributed by atoms with Crippen LogP contribution in [0.3, 0.4) is 0 Å². The normalized spacial score (nSPS) is 21.4. The molecule has 0 unspecified atom stereocenters. The van der Waals surface area contributed by atoms with Gasteiger partial charge in [-0.1, -0.05) is 23.7 Å². The zero-order chi connectivity index (χ0) is 16.4. The minimum absolute atomic E-state index is 0.0414. The van der Waals surface area contributed by atoms with Crippen molar-refractivity contribution in [3.05, 3.63) is 29.3 Å². The number of aromatic nitrogens is 4. The van der Waals surface area contributed by atoms with Crippen LogP contribution < -0.4 is 0 Å². The number of carbonyl (C=O) groups is 1. The number of carbonyl (C=O) groups excluding carboxylic acids is 1. The molecule has 2 atom stereocenters. The molecule has 1 aromatic heterocycles. The van der Waals surface area contributed by atoms with Crippen LogP contribution in [0.15, 0.2) is 24.3 Å². The van der Waals surface area contributed by atoms with Crippen molar-refractivity contribution in [2.75, 3.05) is 0 Å². The van der Waals surface area contributed by atoms with Crippen molar-refractivity contribution < 1.29 is 4.79 Å². The van der Waals surface area contributed by atoms with Gasteiger partial charge in [-0.2, -0.15) is 4.80 Å². The number of amides is 1. The molecule has 0 spiro atoms. The molecule has 2 aromatic rings. The van der Waals surface area contributed by atoms with E-state index in [9.17, 15) is 4.79 Å². The Morgan fingerprint density at radius 3 is 2.74 bits per heavy atom. The first-order chi connectivity index (χ1) is 11.0. The molecule has 1 aliphatic heterocycles. The maximum Gasteiger partial charge on any atom is 0.246 e. The lowest BCUT2D eigenvalue weighted by molar-refractivity contribution is -0.138. The Kier molecular flexibility index (Phi) is 4.61. The van der Waals surface area contributed by atoms with E-state index in [0.717, 1.165) is 18.4 Å². The molecule has 0 N–H and O–H groups in total. The van der Waals surface area contributed by atoms with Gasteiger partial charge in [-0.15, -0.1) is 10.2 Å². The molecular formula is C16H20ClN5O. The Morgan fingerprint density at radius 1 is 1.30 bits per heavy atom. The first-order valence-electron chi connectivity index (χ1n) is 7.89. The van der Waals surface area contributed by atoms with Gasteiger partial charge in [-0.3, -0.25) is 4.79 Å². The summed E-state index contributed by atoms with van der Waals surface area (Å²) in [6, 6.07) is 7.80. The summed E-state index contributed by atoms with van der Waals surface area (Å²) in [7, 11) is 0. The predicted octanol–water partition coefficient (Wildman–Crippen LogP) is 2.78. The summed E-state index contributed by atoms with van der Waals surface area (Å²) >= 11 is 5.98. The third-order valence-electron chi connectivity index (χ3n) is 4.29. The lowest BCUT2D eigenvalue weighted by Crippen LogP contribution is -2.48. The van der Waals surface area contributed by atoms with E-state index in [4.69, 9.17) is 11.6 Å². The second-order valence-corrected chi connectivity index (χ2v) is 6.52. The largest absolute Gasteiger partial charge is 0.336 e. The summed E-state index contributed by atoms with van der Waals surface area (Å²) in [5.41, 5.74) is 0.788. The monoisotopic (exact) mass is 333 g/mol. The van der Waals surface area contributed by atoms with Crippen molar-refractivity contribution in [1.82, 2.24) is 25.1 Å². The lowest BCUT2D eigenvalue weighted by Gasteiger charge is -2.38. The predicted molar refractivity (Wildman–Crippen MR) is 87.9 cm³/mol. The molecule has 0 saturated carbocycles. The maximum absolute atomic E-state index is 12.6. The summed E-state index contributed by atoms with van der Waals surface area (Å²) in [6.07, 6.45) is 3.27. The Bertz CT molecular complexity index is 691. The third-order valence-corrected chi connectivity index (χ3v) is 4.53. The fraction of sp³-hybridized carbons (Fsp3) is 0.500. The fourth-order valence-corrected chi connectivity index (χ4v) is 3.36. The number of tetrazole rings is 1. The standard InChI is InChI=1S/C16H20ClN5O/c1-11-5-3-6-12(2)22(11)15(23)10-21-19-16(18-20-21)13-7-4-8-14(17)9-13/h4,7-9,11-12H,3,5-6,10H2,1-2H3/t11-,12+. The van der Waals surface area contributed by atoms with E-state index in [1.807, 2.05) is 17.0 Å². The number of rotatable bonds is 3. The van der Waals surface area contributed by atoms with E-state index in [1.54, 1.807) is 12.1 Å². The minimum Gasteiger partial charge on any atom is -0.336 e. The van der Waals surface area contributed by atoms with Crippen LogP contribution >= 0.6 is 11.6 Å². The highest BCUT2D eigenvalue weighted by Crippen LogP contribution is 2.23. The quantitative estimate of drug-likeness (QED) is 0.866. The fourth-order valence-electron chi connectivity index (χ4n) is 3.17. The van der Waals surface area contributed by atoms with Crippen LogP contribution in [0.1, 0.15) is 33.1 Å². The molecule has 1 aliphatic rings. The van der Waals surface area contributed by atoms with Gasteiger partial charge in [0.2, 0.25) is 11.7 Å². The maximum atomic E-state index is 12.6. The average Bonchev–Trinajstić information content (AvgIpc) is 2.95. The summed E-state index contributed by atoms with van der Waals surface area (Å²) in [5.74, 6) is 0.514. The van der Waals surface area contributed by atoms with Gasteiger partial charge in [0.1, 0.15) is 6.54 Å². The summed E-state index contributed by atoms with van der Waals surface area (Å²) in [4.78, 5) is 15.9. The SMILES string of the molecule is C[C@@H]1CCC[C@H](C)N1C(=O)Cn1nnc(-c2cccc(Cl)c2)n1. The van der Waals surface area contributed by atoms with E-state index >= 15 is 0 Å². The highest BCUT2D eigenvalue weighted by Gasteiger charge is 2.29. The Hall–Kier alpha value is -1.95. The van der Waals surface area contributed by atoms with Gasteiger partial charge in [0.25, 0.3) is 0 Å². The zero-order valence-electron chi connectivity index (χ0n) is 13.3. The summed E-state index contributed by atoms with van der Waals surface area (Å²) < 4.78 is 0. The van der Waals surface area contributed by atoms with E-state index in [1.165, 1.54) is 11.2 Å². The number of hydrogen-bond acceptors (Lipinski definition) is 4. The van der Waals surface area contributed by atoms with Gasteiger partial charge in [0, 0.05) is 22.7 Å². The highest BCUT2D eigenvalue weighted by atomic mass is 35.5. The van der Waals surface area contributed by atoms with Crippen molar-refractivity contribution in [2.45, 2.75) is 51.7 Å². The van der Waals surface area contributed by atoms with Crippen molar-refractivity contribution in [3.63, 3.8) is 0 Å². The molecule has 1 amide bonds. The number of likely N-dealkylation sites (tertiary alicyclic amines) is 1. The van der Waals surface area contributed by atoms with Gasteiger partial charge in [-0.25, -0.2) is 0 Å². The third kappa shape index (κ3) is 3.52. The van der Waals surface area contributed by atoms with E-state index < -0.39 is 0 Å². The van der Waals surface area contributed by atoms with Crippen LogP contribution in [0.2, 0.25) is 5.02 Å². The molecule has 122 valence electrons. The van der Waals surface area contributed by atoms with Crippen molar-refractivity contribution in [2.24, 2.45) is 0 Å². The molecule has 7 heteroatoms. The van der Waals surface area contributed by atoms with Crippen LogP contribution in [-0.2, 0) is 11.3 Å². The second-order valence-electron chi connectivity index (χ2n) is 6.08. The van der Waals surface area contributed by atoms with E-state index in [0.29, 0.717) is 10.8 Å². The number of halogens is 1. The minimum atomic E-state index is 0.0414. The molecule has 3 rings (SSSR count). The van der Waals surface area contributed by atoms with Crippen LogP contribution in [-0.4, -0.2) is 43.1 Å². The molecule has 1 aromatic carbocycles. The van der Waals surface area contributed by atoms with Gasteiger partial charge in [0.05, 0.1) is 0 Å². The smallest absolute Gasteiger partial charge is 0.246 e. The molecule has 1 saturated heterocycles. The number of hydrogen-bond donors (Lipinski definition) is 0. The van der Waals surface area contributed by atoms with Crippen molar-refractivity contribution in [3.8, 4) is 11.4 Å². The van der Waals surface area contributed by atoms with Gasteiger partial charge in [0.15, 0.2) is 0 Å². The Balaban J connectivity index is 1.72. The highest BCUT2D eigenvalue weighted by molar-refractivity contribution is 6.30. The first kappa shape index (κ1) is 15.9. The van der Waals surface area contributed by atoms with Crippen LogP contribution in [0, 0.1) is 0 Å². The summed E-state index contributed by atoms with van der Waals surface area (Å²) in [5, 5.41) is 12.9. The van der Waals surface area contributed by atoms with Crippen LogP contribution in [0.25, 0.3) is 11.4 Å². The topological polar surface area (TPSA) is 63.9 Å². The molecule has 0 radical (unpaired) electrons. The van der Waals surface area contributed by atoms with E-state index in [-0.39, 0.29) is 24.5 Å². The van der Waals surface area contributed by atoms with Gasteiger partial charge < -0.3 is 4.90 Å². The number of nitrogens with zero attached hydrogens (tertiary/aromatic N) is 5. The Morgan fingerprint density at radius 2 is 2.04 bits per heavy atom. The molecule has 23 heavy (non-hydrogen) atoms. The Labute approximate surface area is 140 Å². The van der Waals surface area contributed by atoms with Gasteiger partial charge >= 0.3 is 0 Å². The molecular weight excluding hydrogens is 314 g/mol. The average molecular weight is 334 g/mol. The first-order valence-corrected chi connectivity index (χ1v) is 8.27. The lowest BCUT2D eigenvalue weighted by atomic mass is 9.97. The zero-order valence-corrected chi connectivity index (χ0v) is 14.1. The van der Waals surface area contributed by atoms with Crippen LogP contribution in [0.4, 0.5) is 0 Å². The molecule has 0 aliphatic carbocycles. The van der Waals surface area contributed by atoms with Crippen molar-refractivity contribution >= 4 is 17.5 Å². The molecule has 2 heterocycles. The van der Waals surface area contributed by atoms with Crippen molar-refractivity contribution in [1.29, 1.82) is 0 Å². The van der Waals surface area contributed by atoms with Gasteiger partial charge in [-0.05, 0) is 50.5 Å². The molecule has 1 fully saturated rings. The van der Waals surface area contributed by atoms with Crippen LogP contribution in [0.5, 0.6) is 0 Å². The summed E-state index contributed by atoms with van der Waals surface area (Å²) in [6.45, 7) is 4.31. The molecule has 6 nitrogen and oxygen atoms in total. The molecule has 0 bridgehead atoms. The number of piperidine rings is 1. The second kappa shape index (κ2) is 6.66.